The number of carbonyl (C=O) groups is 1. The van der Waals surface area contributed by atoms with Gasteiger partial charge in [0.2, 0.25) is 0 Å². The van der Waals surface area contributed by atoms with Crippen molar-refractivity contribution in [1.82, 2.24) is 5.32 Å². The lowest BCUT2D eigenvalue weighted by Crippen LogP contribution is -2.26. The number of nitrogen functional groups attached to an aromatic ring is 1. The van der Waals surface area contributed by atoms with E-state index in [4.69, 9.17) is 21.9 Å². The molecule has 9 heteroatoms. The van der Waals surface area contributed by atoms with E-state index < -0.39 is 19.6 Å². The topological polar surface area (TPSA) is 102 Å². The number of anilines is 1. The fourth-order valence-electron chi connectivity index (χ4n) is 2.57. The molecule has 1 aromatic heterocycles. The molecule has 2 atom stereocenters. The summed E-state index contributed by atoms with van der Waals surface area (Å²) in [6.45, 7) is 1.04. The third-order valence-corrected chi connectivity index (χ3v) is 5.64. The van der Waals surface area contributed by atoms with E-state index in [9.17, 15) is 14.3 Å². The van der Waals surface area contributed by atoms with Gasteiger partial charge in [-0.1, -0.05) is 23.7 Å². The van der Waals surface area contributed by atoms with Gasteiger partial charge in [0.25, 0.3) is 5.91 Å². The first-order valence-electron chi connectivity index (χ1n) is 8.21. The van der Waals surface area contributed by atoms with Crippen molar-refractivity contribution in [3.63, 3.8) is 0 Å². The Morgan fingerprint density at radius 1 is 1.32 bits per heavy atom. The summed E-state index contributed by atoms with van der Waals surface area (Å²) >= 11 is 7.46. The average Bonchev–Trinajstić information content (AvgIpc) is 3.03. The van der Waals surface area contributed by atoms with Crippen LogP contribution in [0.25, 0.3) is 16.2 Å². The smallest absolute Gasteiger partial charge is 0.326 e. The molecule has 0 aliphatic rings. The van der Waals surface area contributed by atoms with Crippen LogP contribution in [0.15, 0.2) is 54.0 Å². The summed E-state index contributed by atoms with van der Waals surface area (Å²) in [6.07, 6.45) is 1.87. The molecule has 1 amide bonds. The summed E-state index contributed by atoms with van der Waals surface area (Å²) in [7, 11) is -3.93. The predicted molar refractivity (Wildman–Crippen MR) is 114 cm³/mol. The molecule has 3 aromatic rings. The molecule has 0 saturated heterocycles. The van der Waals surface area contributed by atoms with Gasteiger partial charge in [-0.2, -0.15) is 0 Å². The summed E-state index contributed by atoms with van der Waals surface area (Å²) in [5.74, 6) is -0.567. The first-order valence-corrected chi connectivity index (χ1v) is 11.5. The minimum absolute atomic E-state index is 0.483. The fraction of sp³-hybridized carbons (Fsp3) is 0.105. The Kier molecular flexibility index (Phi) is 6.23. The molecule has 0 fully saturated rings. The zero-order chi connectivity index (χ0) is 20.3. The first kappa shape index (κ1) is 20.6. The van der Waals surface area contributed by atoms with Crippen molar-refractivity contribution in [3.05, 3.63) is 70.2 Å². The highest BCUT2D eigenvalue weighted by molar-refractivity contribution is 7.51. The van der Waals surface area contributed by atoms with E-state index in [1.807, 2.05) is 6.07 Å². The molecule has 2 unspecified atom stereocenters. The van der Waals surface area contributed by atoms with Crippen molar-refractivity contribution >= 4 is 58.3 Å². The zero-order valence-electron chi connectivity index (χ0n) is 14.8. The van der Waals surface area contributed by atoms with E-state index in [0.29, 0.717) is 21.7 Å². The van der Waals surface area contributed by atoms with Crippen molar-refractivity contribution in [3.8, 4) is 0 Å². The molecular weight excluding hydrogens is 419 g/mol. The van der Waals surface area contributed by atoms with E-state index in [0.717, 1.165) is 16.9 Å². The minimum atomic E-state index is -3.93. The summed E-state index contributed by atoms with van der Waals surface area (Å²) in [4.78, 5) is 22.4. The van der Waals surface area contributed by atoms with Crippen LogP contribution in [-0.4, -0.2) is 17.5 Å². The fourth-order valence-corrected chi connectivity index (χ4v) is 4.30. The van der Waals surface area contributed by atoms with Crippen LogP contribution in [0.5, 0.6) is 0 Å². The molecule has 0 bridgehead atoms. The third-order valence-electron chi connectivity index (χ3n) is 3.82. The Hall–Kier alpha value is -2.15. The molecule has 0 saturated carbocycles. The number of nitrogens with one attached hydrogen (secondary N) is 1. The van der Waals surface area contributed by atoms with Crippen LogP contribution in [0.4, 0.5) is 5.69 Å². The lowest BCUT2D eigenvalue weighted by molar-refractivity contribution is -0.127. The van der Waals surface area contributed by atoms with E-state index >= 15 is 0 Å². The number of hydrogen-bond donors (Lipinski definition) is 3. The molecule has 0 radical (unpaired) electrons. The number of nitrogens with two attached hydrogens (primary N) is 1. The standard InChI is InChI=1S/C19H18ClN2O4PS/c1-27(24,25)26-18(16-11-28-17-7-4-13(20)10-15(16)17)19(23)22-9-8-12-2-5-14(21)6-3-12/h2-11,18H,21H2,1H3,(H,22,23)(H,24,25). The van der Waals surface area contributed by atoms with Crippen LogP contribution in [0.1, 0.15) is 17.2 Å². The van der Waals surface area contributed by atoms with Gasteiger partial charge in [-0.3, -0.25) is 13.9 Å². The van der Waals surface area contributed by atoms with Crippen LogP contribution in [0, 0.1) is 0 Å². The molecule has 1 heterocycles. The second-order valence-electron chi connectivity index (χ2n) is 6.13. The second-order valence-corrected chi connectivity index (χ2v) is 9.29. The number of rotatable bonds is 6. The van der Waals surface area contributed by atoms with Gasteiger partial charge in [-0.25, -0.2) is 0 Å². The highest BCUT2D eigenvalue weighted by Crippen LogP contribution is 2.45. The van der Waals surface area contributed by atoms with E-state index in [-0.39, 0.29) is 0 Å². The van der Waals surface area contributed by atoms with Gasteiger partial charge in [0.15, 0.2) is 6.10 Å². The van der Waals surface area contributed by atoms with Crippen LogP contribution in [0.2, 0.25) is 5.02 Å². The molecule has 0 spiro atoms. The molecule has 3 rings (SSSR count). The quantitative estimate of drug-likeness (QED) is 0.380. The number of amides is 1. The van der Waals surface area contributed by atoms with Crippen LogP contribution < -0.4 is 11.1 Å². The maximum Gasteiger partial charge on any atom is 0.326 e. The normalized spacial score (nSPS) is 14.8. The first-order chi connectivity index (χ1) is 13.2. The average molecular weight is 437 g/mol. The van der Waals surface area contributed by atoms with E-state index in [2.05, 4.69) is 5.32 Å². The zero-order valence-corrected chi connectivity index (χ0v) is 17.3. The molecule has 146 valence electrons. The van der Waals surface area contributed by atoms with Gasteiger partial charge in [0.05, 0.1) is 0 Å². The Morgan fingerprint density at radius 3 is 2.71 bits per heavy atom. The van der Waals surface area contributed by atoms with Crippen LogP contribution >= 0.6 is 30.5 Å². The summed E-state index contributed by atoms with van der Waals surface area (Å²) < 4.78 is 18.0. The van der Waals surface area contributed by atoms with Crippen LogP contribution in [0.3, 0.4) is 0 Å². The van der Waals surface area contributed by atoms with E-state index in [1.165, 1.54) is 17.5 Å². The monoisotopic (exact) mass is 436 g/mol. The summed E-state index contributed by atoms with van der Waals surface area (Å²) in [5, 5.41) is 5.53. The van der Waals surface area contributed by atoms with Crippen molar-refractivity contribution in [1.29, 1.82) is 0 Å². The summed E-state index contributed by atoms with van der Waals surface area (Å²) in [5.41, 5.74) is 7.60. The maximum absolute atomic E-state index is 12.7. The highest BCUT2D eigenvalue weighted by atomic mass is 35.5. The highest BCUT2D eigenvalue weighted by Gasteiger charge is 2.29. The van der Waals surface area contributed by atoms with E-state index in [1.54, 1.807) is 47.9 Å². The second kappa shape index (κ2) is 8.47. The number of benzene rings is 2. The van der Waals surface area contributed by atoms with Gasteiger partial charge < -0.3 is 15.9 Å². The lowest BCUT2D eigenvalue weighted by Gasteiger charge is -2.18. The number of carbonyl (C=O) groups excluding carboxylic acids is 1. The van der Waals surface area contributed by atoms with Gasteiger partial charge in [-0.15, -0.1) is 11.3 Å². The predicted octanol–water partition coefficient (Wildman–Crippen LogP) is 4.80. The molecule has 4 N–H and O–H groups in total. The van der Waals surface area contributed by atoms with Gasteiger partial charge in [-0.05, 0) is 47.4 Å². The lowest BCUT2D eigenvalue weighted by atomic mass is 10.1. The van der Waals surface area contributed by atoms with Crippen molar-refractivity contribution in [2.24, 2.45) is 0 Å². The molecule has 2 aromatic carbocycles. The van der Waals surface area contributed by atoms with Crippen molar-refractivity contribution in [2.75, 3.05) is 12.4 Å². The summed E-state index contributed by atoms with van der Waals surface area (Å²) in [6, 6.07) is 12.4. The molecule has 28 heavy (non-hydrogen) atoms. The van der Waals surface area contributed by atoms with Crippen molar-refractivity contribution < 1.29 is 18.8 Å². The molecule has 0 aliphatic heterocycles. The number of fused-ring (bicyclic) bond motifs is 1. The van der Waals surface area contributed by atoms with Crippen molar-refractivity contribution in [2.45, 2.75) is 6.10 Å². The molecule has 6 nitrogen and oxygen atoms in total. The van der Waals surface area contributed by atoms with Gasteiger partial charge in [0, 0.05) is 39.2 Å². The maximum atomic E-state index is 12.7. The Bertz CT molecular complexity index is 1080. The van der Waals surface area contributed by atoms with Crippen LogP contribution in [-0.2, 0) is 13.9 Å². The Labute approximate surface area is 171 Å². The largest absolute Gasteiger partial charge is 0.399 e. The molecular formula is C19H18ClN2O4PS. The molecule has 0 aliphatic carbocycles. The SMILES string of the molecule is CP(=O)(O)OC(C(=O)NC=Cc1ccc(N)cc1)c1csc2ccc(Cl)cc12. The number of thiophene rings is 1. The minimum Gasteiger partial charge on any atom is -0.399 e. The van der Waals surface area contributed by atoms with Gasteiger partial charge >= 0.3 is 7.60 Å². The third kappa shape index (κ3) is 5.22. The Balaban J connectivity index is 1.86. The Morgan fingerprint density at radius 2 is 2.04 bits per heavy atom. The number of hydrogen-bond acceptors (Lipinski definition) is 5. The van der Waals surface area contributed by atoms with Gasteiger partial charge in [0.1, 0.15) is 0 Å². The number of halogens is 1.